The Kier molecular flexibility index (Phi) is 2.52. The standard InChI is InChI=1S/C14H11F2NO/c15-11-5-10-13(6-12(11)16)18-7-8-3-1-2-4-9(8)14(10)17/h1-6,14H,7,17H2. The molecule has 3 rings (SSSR count). The second-order valence-electron chi connectivity index (χ2n) is 4.27. The molecule has 1 aliphatic rings. The van der Waals surface area contributed by atoms with Crippen molar-refractivity contribution in [2.75, 3.05) is 0 Å². The minimum absolute atomic E-state index is 0.303. The number of hydrogen-bond donors (Lipinski definition) is 1. The summed E-state index contributed by atoms with van der Waals surface area (Å²) in [5, 5.41) is 0. The molecule has 4 heteroatoms. The Bertz CT molecular complexity index is 613. The van der Waals surface area contributed by atoms with Gasteiger partial charge >= 0.3 is 0 Å². The Morgan fingerprint density at radius 1 is 1.06 bits per heavy atom. The molecule has 0 spiro atoms. The third kappa shape index (κ3) is 1.66. The van der Waals surface area contributed by atoms with E-state index in [1.807, 2.05) is 24.3 Å². The van der Waals surface area contributed by atoms with Gasteiger partial charge in [0.15, 0.2) is 11.6 Å². The number of halogens is 2. The van der Waals surface area contributed by atoms with Crippen LogP contribution in [0.1, 0.15) is 22.7 Å². The fraction of sp³-hybridized carbons (Fsp3) is 0.143. The average Bonchev–Trinajstić information content (AvgIpc) is 2.51. The molecule has 0 aromatic heterocycles. The van der Waals surface area contributed by atoms with Gasteiger partial charge in [0, 0.05) is 11.6 Å². The molecule has 2 aromatic rings. The van der Waals surface area contributed by atoms with E-state index in [4.69, 9.17) is 10.5 Å². The van der Waals surface area contributed by atoms with Crippen LogP contribution in [0.5, 0.6) is 5.75 Å². The third-order valence-electron chi connectivity index (χ3n) is 3.16. The van der Waals surface area contributed by atoms with E-state index in [1.54, 1.807) is 0 Å². The minimum atomic E-state index is -0.924. The molecule has 1 aliphatic heterocycles. The van der Waals surface area contributed by atoms with Crippen molar-refractivity contribution in [1.29, 1.82) is 0 Å². The number of rotatable bonds is 0. The van der Waals surface area contributed by atoms with Crippen LogP contribution < -0.4 is 10.5 Å². The van der Waals surface area contributed by atoms with Crippen LogP contribution in [0, 0.1) is 11.6 Å². The van der Waals surface area contributed by atoms with E-state index in [1.165, 1.54) is 0 Å². The molecule has 0 aliphatic carbocycles. The summed E-state index contributed by atoms with van der Waals surface area (Å²) in [7, 11) is 0. The molecule has 0 radical (unpaired) electrons. The normalized spacial score (nSPS) is 17.4. The second kappa shape index (κ2) is 4.07. The molecule has 1 atom stereocenters. The van der Waals surface area contributed by atoms with Crippen LogP contribution in [0.25, 0.3) is 0 Å². The van der Waals surface area contributed by atoms with E-state index in [2.05, 4.69) is 0 Å². The van der Waals surface area contributed by atoms with Crippen molar-refractivity contribution in [3.05, 3.63) is 64.7 Å². The van der Waals surface area contributed by atoms with Gasteiger partial charge in [-0.1, -0.05) is 24.3 Å². The first-order valence-corrected chi connectivity index (χ1v) is 5.62. The van der Waals surface area contributed by atoms with E-state index in [0.29, 0.717) is 17.9 Å². The Morgan fingerprint density at radius 3 is 2.61 bits per heavy atom. The topological polar surface area (TPSA) is 35.2 Å². The molecule has 0 saturated heterocycles. The first-order chi connectivity index (χ1) is 8.66. The maximum atomic E-state index is 13.3. The van der Waals surface area contributed by atoms with Gasteiger partial charge in [-0.25, -0.2) is 8.78 Å². The van der Waals surface area contributed by atoms with E-state index in [9.17, 15) is 8.78 Å². The molecule has 0 amide bonds. The summed E-state index contributed by atoms with van der Waals surface area (Å²) in [6, 6.07) is 9.17. The van der Waals surface area contributed by atoms with Crippen LogP contribution in [-0.2, 0) is 6.61 Å². The van der Waals surface area contributed by atoms with Crippen LogP contribution in [0.15, 0.2) is 36.4 Å². The van der Waals surface area contributed by atoms with Gasteiger partial charge in [-0.05, 0) is 17.2 Å². The van der Waals surface area contributed by atoms with E-state index >= 15 is 0 Å². The number of fused-ring (bicyclic) bond motifs is 2. The summed E-state index contributed by atoms with van der Waals surface area (Å²) >= 11 is 0. The van der Waals surface area contributed by atoms with Crippen LogP contribution in [0.3, 0.4) is 0 Å². The molecule has 0 bridgehead atoms. The van der Waals surface area contributed by atoms with Crippen molar-refractivity contribution in [2.45, 2.75) is 12.6 Å². The molecular weight excluding hydrogens is 236 g/mol. The van der Waals surface area contributed by atoms with Crippen LogP contribution in [0.2, 0.25) is 0 Å². The first-order valence-electron chi connectivity index (χ1n) is 5.62. The molecule has 2 N–H and O–H groups in total. The molecule has 0 saturated carbocycles. The quantitative estimate of drug-likeness (QED) is 0.776. The highest BCUT2D eigenvalue weighted by atomic mass is 19.2. The average molecular weight is 247 g/mol. The largest absolute Gasteiger partial charge is 0.488 e. The summed E-state index contributed by atoms with van der Waals surface area (Å²) in [4.78, 5) is 0. The van der Waals surface area contributed by atoms with Crippen LogP contribution >= 0.6 is 0 Å². The number of benzene rings is 2. The molecule has 1 unspecified atom stereocenters. The van der Waals surface area contributed by atoms with E-state index in [-0.39, 0.29) is 0 Å². The monoisotopic (exact) mass is 247 g/mol. The number of hydrogen-bond acceptors (Lipinski definition) is 2. The van der Waals surface area contributed by atoms with Gasteiger partial charge in [-0.2, -0.15) is 0 Å². The van der Waals surface area contributed by atoms with E-state index < -0.39 is 17.7 Å². The molecule has 92 valence electrons. The van der Waals surface area contributed by atoms with Gasteiger partial charge < -0.3 is 10.5 Å². The summed E-state index contributed by atoms with van der Waals surface area (Å²) in [6.45, 7) is 0.307. The van der Waals surface area contributed by atoms with Crippen molar-refractivity contribution in [2.24, 2.45) is 5.73 Å². The molecule has 1 heterocycles. The summed E-state index contributed by atoms with van der Waals surface area (Å²) in [6.07, 6.45) is 0. The maximum Gasteiger partial charge on any atom is 0.162 e. The predicted molar refractivity (Wildman–Crippen MR) is 63.2 cm³/mol. The highest BCUT2D eigenvalue weighted by Crippen LogP contribution is 2.35. The van der Waals surface area contributed by atoms with Gasteiger partial charge in [0.25, 0.3) is 0 Å². The SMILES string of the molecule is NC1c2ccccc2COc2cc(F)c(F)cc21. The Morgan fingerprint density at radius 2 is 1.78 bits per heavy atom. The summed E-state index contributed by atoms with van der Waals surface area (Å²) in [5.74, 6) is -1.53. The molecule has 0 fully saturated rings. The molecule has 2 aromatic carbocycles. The highest BCUT2D eigenvalue weighted by Gasteiger charge is 2.23. The fourth-order valence-electron chi connectivity index (χ4n) is 2.20. The Labute approximate surface area is 103 Å². The van der Waals surface area contributed by atoms with Crippen molar-refractivity contribution < 1.29 is 13.5 Å². The van der Waals surface area contributed by atoms with Gasteiger partial charge in [0.05, 0.1) is 6.04 Å². The highest BCUT2D eigenvalue weighted by molar-refractivity contribution is 5.46. The first kappa shape index (κ1) is 11.2. The number of ether oxygens (including phenoxy) is 1. The van der Waals surface area contributed by atoms with Crippen LogP contribution in [0.4, 0.5) is 8.78 Å². The lowest BCUT2D eigenvalue weighted by atomic mass is 9.96. The summed E-state index contributed by atoms with van der Waals surface area (Å²) < 4.78 is 32.0. The van der Waals surface area contributed by atoms with Crippen LogP contribution in [-0.4, -0.2) is 0 Å². The molecular formula is C14H11F2NO. The lowest BCUT2D eigenvalue weighted by Gasteiger charge is -2.13. The number of nitrogens with two attached hydrogens (primary N) is 1. The zero-order chi connectivity index (χ0) is 12.7. The molecule has 18 heavy (non-hydrogen) atoms. The predicted octanol–water partition coefficient (Wildman–Crippen LogP) is 2.91. The Balaban J connectivity index is 2.19. The maximum absolute atomic E-state index is 13.3. The smallest absolute Gasteiger partial charge is 0.162 e. The van der Waals surface area contributed by atoms with Gasteiger partial charge in [-0.3, -0.25) is 0 Å². The zero-order valence-electron chi connectivity index (χ0n) is 9.49. The summed E-state index contributed by atoms with van der Waals surface area (Å²) in [5.41, 5.74) is 8.39. The minimum Gasteiger partial charge on any atom is -0.488 e. The van der Waals surface area contributed by atoms with Gasteiger partial charge in [0.1, 0.15) is 12.4 Å². The van der Waals surface area contributed by atoms with E-state index in [0.717, 1.165) is 23.3 Å². The molecule has 2 nitrogen and oxygen atoms in total. The second-order valence-corrected chi connectivity index (χ2v) is 4.27. The Hall–Kier alpha value is -1.94. The van der Waals surface area contributed by atoms with Crippen molar-refractivity contribution in [1.82, 2.24) is 0 Å². The van der Waals surface area contributed by atoms with Crippen molar-refractivity contribution in [3.8, 4) is 5.75 Å². The van der Waals surface area contributed by atoms with Gasteiger partial charge in [0.2, 0.25) is 0 Å². The lowest BCUT2D eigenvalue weighted by Crippen LogP contribution is -2.13. The van der Waals surface area contributed by atoms with Crippen molar-refractivity contribution >= 4 is 0 Å². The fourth-order valence-corrected chi connectivity index (χ4v) is 2.20. The zero-order valence-corrected chi connectivity index (χ0v) is 9.49. The lowest BCUT2D eigenvalue weighted by molar-refractivity contribution is 0.303. The van der Waals surface area contributed by atoms with Crippen molar-refractivity contribution in [3.63, 3.8) is 0 Å². The van der Waals surface area contributed by atoms with Gasteiger partial charge in [-0.15, -0.1) is 0 Å². The third-order valence-corrected chi connectivity index (χ3v) is 3.16.